The van der Waals surface area contributed by atoms with Crippen LogP contribution in [0.3, 0.4) is 0 Å². The van der Waals surface area contributed by atoms with E-state index in [1.807, 2.05) is 10.9 Å². The topological polar surface area (TPSA) is 39.1 Å². The Morgan fingerprint density at radius 2 is 2.11 bits per heavy atom. The Hall–Kier alpha value is -0.870. The summed E-state index contributed by atoms with van der Waals surface area (Å²) in [5.74, 6) is 0.749. The van der Waals surface area contributed by atoms with E-state index in [1.165, 1.54) is 18.4 Å². The van der Waals surface area contributed by atoms with E-state index in [0.717, 1.165) is 25.7 Å². The second-order valence-corrected chi connectivity index (χ2v) is 5.54. The molecular formula is C14H25N3O. The van der Waals surface area contributed by atoms with Crippen LogP contribution in [0.15, 0.2) is 12.4 Å². The molecule has 0 amide bonds. The second kappa shape index (κ2) is 6.34. The van der Waals surface area contributed by atoms with Gasteiger partial charge in [-0.25, -0.2) is 0 Å². The molecule has 1 aromatic heterocycles. The van der Waals surface area contributed by atoms with Crippen LogP contribution in [-0.2, 0) is 11.3 Å². The standard InChI is InChI=1S/C14H25N3O/c1-11(2)17-10-13(9-16-17)8-15-12(3)14-4-6-18-7-5-14/h9-12,14-15H,4-8H2,1-3H3. The summed E-state index contributed by atoms with van der Waals surface area (Å²) in [7, 11) is 0. The van der Waals surface area contributed by atoms with Crippen molar-refractivity contribution in [3.05, 3.63) is 18.0 Å². The van der Waals surface area contributed by atoms with Crippen LogP contribution in [0.2, 0.25) is 0 Å². The van der Waals surface area contributed by atoms with Crippen molar-refractivity contribution >= 4 is 0 Å². The SMILES string of the molecule is CC(NCc1cnn(C(C)C)c1)C1CCOCC1. The highest BCUT2D eigenvalue weighted by atomic mass is 16.5. The number of rotatable bonds is 5. The lowest BCUT2D eigenvalue weighted by Gasteiger charge is -2.28. The highest BCUT2D eigenvalue weighted by molar-refractivity contribution is 5.04. The maximum atomic E-state index is 5.40. The van der Waals surface area contributed by atoms with E-state index in [-0.39, 0.29) is 0 Å². The molecule has 1 aliphatic rings. The maximum Gasteiger partial charge on any atom is 0.0534 e. The van der Waals surface area contributed by atoms with Crippen molar-refractivity contribution < 1.29 is 4.74 Å². The van der Waals surface area contributed by atoms with Gasteiger partial charge in [0.1, 0.15) is 0 Å². The van der Waals surface area contributed by atoms with E-state index in [2.05, 4.69) is 37.4 Å². The van der Waals surface area contributed by atoms with E-state index in [9.17, 15) is 0 Å². The maximum absolute atomic E-state index is 5.40. The first-order chi connectivity index (χ1) is 8.66. The quantitative estimate of drug-likeness (QED) is 0.873. The Balaban J connectivity index is 1.79. The van der Waals surface area contributed by atoms with Gasteiger partial charge in [-0.2, -0.15) is 5.10 Å². The minimum absolute atomic E-state index is 0.437. The first kappa shape index (κ1) is 13.6. The molecule has 0 bridgehead atoms. The smallest absolute Gasteiger partial charge is 0.0534 e. The van der Waals surface area contributed by atoms with E-state index >= 15 is 0 Å². The number of aromatic nitrogens is 2. The average molecular weight is 251 g/mol. The zero-order valence-corrected chi connectivity index (χ0v) is 11.7. The van der Waals surface area contributed by atoms with Crippen molar-refractivity contribution in [2.75, 3.05) is 13.2 Å². The summed E-state index contributed by atoms with van der Waals surface area (Å²) in [4.78, 5) is 0. The Kier molecular flexibility index (Phi) is 4.78. The van der Waals surface area contributed by atoms with Gasteiger partial charge in [-0.05, 0) is 39.5 Å². The number of hydrogen-bond donors (Lipinski definition) is 1. The monoisotopic (exact) mass is 251 g/mol. The van der Waals surface area contributed by atoms with Crippen molar-refractivity contribution in [1.29, 1.82) is 0 Å². The zero-order valence-electron chi connectivity index (χ0n) is 11.7. The molecule has 0 aliphatic carbocycles. The molecule has 102 valence electrons. The number of nitrogens with one attached hydrogen (secondary N) is 1. The number of hydrogen-bond acceptors (Lipinski definition) is 3. The number of nitrogens with zero attached hydrogens (tertiary/aromatic N) is 2. The Morgan fingerprint density at radius 1 is 1.39 bits per heavy atom. The Labute approximate surface area is 110 Å². The summed E-state index contributed by atoms with van der Waals surface area (Å²) in [6.07, 6.45) is 6.46. The summed E-state index contributed by atoms with van der Waals surface area (Å²) >= 11 is 0. The van der Waals surface area contributed by atoms with Gasteiger partial charge in [-0.1, -0.05) is 0 Å². The van der Waals surface area contributed by atoms with Crippen LogP contribution in [0.1, 0.15) is 45.2 Å². The molecule has 0 aromatic carbocycles. The van der Waals surface area contributed by atoms with Crippen molar-refractivity contribution in [3.8, 4) is 0 Å². The highest BCUT2D eigenvalue weighted by Crippen LogP contribution is 2.18. The summed E-state index contributed by atoms with van der Waals surface area (Å²) in [5.41, 5.74) is 1.27. The molecular weight excluding hydrogens is 226 g/mol. The van der Waals surface area contributed by atoms with Gasteiger partial charge in [-0.15, -0.1) is 0 Å². The van der Waals surface area contributed by atoms with E-state index in [4.69, 9.17) is 4.74 Å². The summed E-state index contributed by atoms with van der Waals surface area (Å²) < 4.78 is 7.41. The highest BCUT2D eigenvalue weighted by Gasteiger charge is 2.19. The minimum Gasteiger partial charge on any atom is -0.381 e. The minimum atomic E-state index is 0.437. The van der Waals surface area contributed by atoms with E-state index < -0.39 is 0 Å². The third-order valence-corrected chi connectivity index (χ3v) is 3.79. The van der Waals surface area contributed by atoms with Gasteiger partial charge in [0.25, 0.3) is 0 Å². The van der Waals surface area contributed by atoms with E-state index in [0.29, 0.717) is 12.1 Å². The first-order valence-corrected chi connectivity index (χ1v) is 7.01. The lowest BCUT2D eigenvalue weighted by molar-refractivity contribution is 0.0558. The Morgan fingerprint density at radius 3 is 2.72 bits per heavy atom. The van der Waals surface area contributed by atoms with Crippen LogP contribution in [0, 0.1) is 5.92 Å². The summed E-state index contributed by atoms with van der Waals surface area (Å²) in [6, 6.07) is 0.989. The zero-order chi connectivity index (χ0) is 13.0. The molecule has 1 aliphatic heterocycles. The fourth-order valence-electron chi connectivity index (χ4n) is 2.41. The molecule has 1 N–H and O–H groups in total. The molecule has 0 spiro atoms. The van der Waals surface area contributed by atoms with Gasteiger partial charge in [-0.3, -0.25) is 4.68 Å². The third-order valence-electron chi connectivity index (χ3n) is 3.79. The average Bonchev–Trinajstić information content (AvgIpc) is 2.86. The van der Waals surface area contributed by atoms with Crippen LogP contribution >= 0.6 is 0 Å². The third kappa shape index (κ3) is 3.56. The van der Waals surface area contributed by atoms with Crippen LogP contribution in [0.4, 0.5) is 0 Å². The fraction of sp³-hybridized carbons (Fsp3) is 0.786. The summed E-state index contributed by atoms with van der Waals surface area (Å²) in [6.45, 7) is 9.32. The van der Waals surface area contributed by atoms with Gasteiger partial charge in [0, 0.05) is 43.6 Å². The lowest BCUT2D eigenvalue weighted by atomic mass is 9.93. The van der Waals surface area contributed by atoms with Crippen LogP contribution in [0.5, 0.6) is 0 Å². The second-order valence-electron chi connectivity index (χ2n) is 5.54. The molecule has 4 nitrogen and oxygen atoms in total. The predicted octanol–water partition coefficient (Wildman–Crippen LogP) is 2.37. The van der Waals surface area contributed by atoms with Gasteiger partial charge in [0.05, 0.1) is 6.20 Å². The molecule has 1 saturated heterocycles. The van der Waals surface area contributed by atoms with Crippen LogP contribution in [-0.4, -0.2) is 29.0 Å². The molecule has 1 atom stereocenters. The van der Waals surface area contributed by atoms with Gasteiger partial charge in [0.15, 0.2) is 0 Å². The van der Waals surface area contributed by atoms with Crippen molar-refractivity contribution in [3.63, 3.8) is 0 Å². The fourth-order valence-corrected chi connectivity index (χ4v) is 2.41. The number of ether oxygens (including phenoxy) is 1. The van der Waals surface area contributed by atoms with Gasteiger partial charge >= 0.3 is 0 Å². The van der Waals surface area contributed by atoms with Crippen molar-refractivity contribution in [2.45, 2.75) is 52.2 Å². The molecule has 0 saturated carbocycles. The normalized spacial score (nSPS) is 19.3. The lowest BCUT2D eigenvalue weighted by Crippen LogP contribution is -2.36. The van der Waals surface area contributed by atoms with E-state index in [1.54, 1.807) is 0 Å². The van der Waals surface area contributed by atoms with Crippen molar-refractivity contribution in [1.82, 2.24) is 15.1 Å². The molecule has 2 heterocycles. The van der Waals surface area contributed by atoms with Crippen molar-refractivity contribution in [2.24, 2.45) is 5.92 Å². The molecule has 1 unspecified atom stereocenters. The molecule has 0 radical (unpaired) electrons. The predicted molar refractivity (Wildman–Crippen MR) is 72.5 cm³/mol. The molecule has 18 heavy (non-hydrogen) atoms. The van der Waals surface area contributed by atoms with Gasteiger partial charge < -0.3 is 10.1 Å². The molecule has 2 rings (SSSR count). The molecule has 4 heteroatoms. The molecule has 1 fully saturated rings. The van der Waals surface area contributed by atoms with Crippen LogP contribution in [0.25, 0.3) is 0 Å². The largest absolute Gasteiger partial charge is 0.381 e. The Bertz CT molecular complexity index is 356. The van der Waals surface area contributed by atoms with Gasteiger partial charge in [0.2, 0.25) is 0 Å². The summed E-state index contributed by atoms with van der Waals surface area (Å²) in [5, 5.41) is 7.97. The molecule has 1 aromatic rings. The first-order valence-electron chi connectivity index (χ1n) is 7.01. The van der Waals surface area contributed by atoms with Crippen LogP contribution < -0.4 is 5.32 Å².